The highest BCUT2D eigenvalue weighted by Gasteiger charge is 2.25. The second-order valence-corrected chi connectivity index (χ2v) is 6.49. The molecule has 2 heterocycles. The molecule has 116 valence electrons. The number of rotatable bonds is 2. The summed E-state index contributed by atoms with van der Waals surface area (Å²) in [5.41, 5.74) is 4.11. The summed E-state index contributed by atoms with van der Waals surface area (Å²) in [6.45, 7) is 1.12. The summed E-state index contributed by atoms with van der Waals surface area (Å²) < 4.78 is 0. The Bertz CT molecular complexity index is 827. The predicted octanol–water partition coefficient (Wildman–Crippen LogP) is 4.45. The molecule has 0 aliphatic carbocycles. The van der Waals surface area contributed by atoms with Crippen LogP contribution in [0.1, 0.15) is 12.0 Å². The van der Waals surface area contributed by atoms with E-state index in [-0.39, 0.29) is 0 Å². The maximum atomic E-state index is 2.42. The molecule has 1 saturated heterocycles. The van der Waals surface area contributed by atoms with E-state index in [1.54, 1.807) is 0 Å². The van der Waals surface area contributed by atoms with Gasteiger partial charge in [0, 0.05) is 31.7 Å². The molecule has 0 amide bonds. The highest BCUT2D eigenvalue weighted by Crippen LogP contribution is 2.33. The molecule has 2 aliphatic rings. The van der Waals surface area contributed by atoms with Crippen LogP contribution in [-0.2, 0) is 0 Å². The molecule has 0 spiro atoms. The molecular formula is C21H22N2. The Labute approximate surface area is 138 Å². The van der Waals surface area contributed by atoms with Crippen molar-refractivity contribution in [2.45, 2.75) is 12.5 Å². The van der Waals surface area contributed by atoms with E-state index < -0.39 is 0 Å². The first-order valence-corrected chi connectivity index (χ1v) is 8.24. The number of hydrogen-bond acceptors (Lipinski definition) is 2. The molecule has 1 unspecified atom stereocenters. The quantitative estimate of drug-likeness (QED) is 0.809. The smallest absolute Gasteiger partial charge is 0.0688 e. The Morgan fingerprint density at radius 3 is 2.70 bits per heavy atom. The SMILES string of the molecule is CN(C)c1ccc(/C=C2\CCN3C=CC=CC23)c2ccccc12. The second-order valence-electron chi connectivity index (χ2n) is 6.49. The zero-order valence-electron chi connectivity index (χ0n) is 13.7. The van der Waals surface area contributed by atoms with Crippen LogP contribution < -0.4 is 4.90 Å². The van der Waals surface area contributed by atoms with Gasteiger partial charge >= 0.3 is 0 Å². The predicted molar refractivity (Wildman–Crippen MR) is 99.6 cm³/mol. The van der Waals surface area contributed by atoms with E-state index in [9.17, 15) is 0 Å². The lowest BCUT2D eigenvalue weighted by Gasteiger charge is -2.23. The Balaban J connectivity index is 1.81. The van der Waals surface area contributed by atoms with E-state index in [4.69, 9.17) is 0 Å². The minimum Gasteiger partial charge on any atom is -0.377 e. The highest BCUT2D eigenvalue weighted by molar-refractivity contribution is 5.99. The van der Waals surface area contributed by atoms with E-state index in [0.29, 0.717) is 6.04 Å². The van der Waals surface area contributed by atoms with Crippen LogP contribution in [0.15, 0.2) is 66.4 Å². The topological polar surface area (TPSA) is 6.48 Å². The summed E-state index contributed by atoms with van der Waals surface area (Å²) >= 11 is 0. The molecule has 23 heavy (non-hydrogen) atoms. The molecule has 2 aromatic rings. The number of anilines is 1. The van der Waals surface area contributed by atoms with Gasteiger partial charge in [0.25, 0.3) is 0 Å². The standard InChI is InChI=1S/C21H22N2/c1-22(2)21-11-10-16(18-7-3-4-8-19(18)21)15-17-12-14-23-13-6-5-9-20(17)23/h3-11,13,15,20H,12,14H2,1-2H3/b17-15+. The van der Waals surface area contributed by atoms with E-state index >= 15 is 0 Å². The lowest BCUT2D eigenvalue weighted by atomic mass is 9.97. The van der Waals surface area contributed by atoms with Crippen molar-refractivity contribution in [2.75, 3.05) is 25.5 Å². The van der Waals surface area contributed by atoms with Gasteiger partial charge in [-0.3, -0.25) is 0 Å². The molecule has 2 heteroatoms. The minimum atomic E-state index is 0.437. The van der Waals surface area contributed by atoms with Gasteiger partial charge in [0.15, 0.2) is 0 Å². The summed E-state index contributed by atoms with van der Waals surface area (Å²) in [6, 6.07) is 13.6. The third-order valence-corrected chi connectivity index (χ3v) is 4.84. The van der Waals surface area contributed by atoms with Crippen LogP contribution >= 0.6 is 0 Å². The van der Waals surface area contributed by atoms with Gasteiger partial charge in [-0.2, -0.15) is 0 Å². The molecule has 1 atom stereocenters. The zero-order valence-corrected chi connectivity index (χ0v) is 13.7. The molecule has 2 aliphatic heterocycles. The molecule has 0 N–H and O–H groups in total. The van der Waals surface area contributed by atoms with Gasteiger partial charge in [-0.05, 0) is 41.3 Å². The Morgan fingerprint density at radius 1 is 1.04 bits per heavy atom. The largest absolute Gasteiger partial charge is 0.377 e. The number of fused-ring (bicyclic) bond motifs is 2. The molecule has 0 aromatic heterocycles. The molecule has 2 nitrogen and oxygen atoms in total. The Hall–Kier alpha value is -2.48. The van der Waals surface area contributed by atoms with E-state index in [1.165, 1.54) is 27.6 Å². The fourth-order valence-corrected chi connectivity index (χ4v) is 3.67. The maximum absolute atomic E-state index is 2.42. The zero-order chi connectivity index (χ0) is 15.8. The van der Waals surface area contributed by atoms with Crippen molar-refractivity contribution in [2.24, 2.45) is 0 Å². The fourth-order valence-electron chi connectivity index (χ4n) is 3.67. The Morgan fingerprint density at radius 2 is 1.87 bits per heavy atom. The third kappa shape index (κ3) is 2.44. The van der Waals surface area contributed by atoms with Crippen LogP contribution in [0.25, 0.3) is 16.8 Å². The summed E-state index contributed by atoms with van der Waals surface area (Å²) in [4.78, 5) is 4.60. The summed E-state index contributed by atoms with van der Waals surface area (Å²) in [5, 5.41) is 2.65. The van der Waals surface area contributed by atoms with Gasteiger partial charge < -0.3 is 9.80 Å². The van der Waals surface area contributed by atoms with Crippen LogP contribution in [-0.4, -0.2) is 31.6 Å². The molecule has 1 fully saturated rings. The fraction of sp³-hybridized carbons (Fsp3) is 0.238. The monoisotopic (exact) mass is 302 g/mol. The van der Waals surface area contributed by atoms with Crippen LogP contribution in [0.3, 0.4) is 0 Å². The molecule has 4 rings (SSSR count). The lowest BCUT2D eigenvalue weighted by molar-refractivity contribution is 0.413. The van der Waals surface area contributed by atoms with Gasteiger partial charge in [-0.25, -0.2) is 0 Å². The summed E-state index contributed by atoms with van der Waals surface area (Å²) in [6.07, 6.45) is 12.3. The number of allylic oxidation sites excluding steroid dienone is 2. The van der Waals surface area contributed by atoms with Gasteiger partial charge in [0.1, 0.15) is 0 Å². The third-order valence-electron chi connectivity index (χ3n) is 4.84. The molecular weight excluding hydrogens is 280 g/mol. The van der Waals surface area contributed by atoms with Gasteiger partial charge in [0.2, 0.25) is 0 Å². The van der Waals surface area contributed by atoms with Gasteiger partial charge in [-0.1, -0.05) is 48.6 Å². The first kappa shape index (κ1) is 14.1. The van der Waals surface area contributed by atoms with Crippen molar-refractivity contribution < 1.29 is 0 Å². The molecule has 0 radical (unpaired) electrons. The summed E-state index contributed by atoms with van der Waals surface area (Å²) in [5.74, 6) is 0. The highest BCUT2D eigenvalue weighted by atomic mass is 15.2. The van der Waals surface area contributed by atoms with Crippen LogP contribution in [0.5, 0.6) is 0 Å². The average molecular weight is 302 g/mol. The van der Waals surface area contributed by atoms with E-state index in [1.807, 2.05) is 0 Å². The van der Waals surface area contributed by atoms with Crippen molar-refractivity contribution in [1.82, 2.24) is 4.90 Å². The van der Waals surface area contributed by atoms with Crippen LogP contribution in [0.2, 0.25) is 0 Å². The molecule has 0 saturated carbocycles. The van der Waals surface area contributed by atoms with Crippen molar-refractivity contribution in [3.63, 3.8) is 0 Å². The Kier molecular flexibility index (Phi) is 3.45. The normalized spacial score (nSPS) is 21.2. The van der Waals surface area contributed by atoms with E-state index in [0.717, 1.165) is 13.0 Å². The lowest BCUT2D eigenvalue weighted by Crippen LogP contribution is -2.24. The van der Waals surface area contributed by atoms with Crippen molar-refractivity contribution in [3.8, 4) is 0 Å². The number of hydrogen-bond donors (Lipinski definition) is 0. The average Bonchev–Trinajstić information content (AvgIpc) is 2.98. The molecule has 2 aromatic carbocycles. The second kappa shape index (κ2) is 5.62. The van der Waals surface area contributed by atoms with Gasteiger partial charge in [0.05, 0.1) is 6.04 Å². The van der Waals surface area contributed by atoms with E-state index in [2.05, 4.69) is 90.8 Å². The van der Waals surface area contributed by atoms with Gasteiger partial charge in [-0.15, -0.1) is 0 Å². The van der Waals surface area contributed by atoms with Crippen molar-refractivity contribution in [1.29, 1.82) is 0 Å². The van der Waals surface area contributed by atoms with Crippen LogP contribution in [0, 0.1) is 0 Å². The number of benzene rings is 2. The van der Waals surface area contributed by atoms with Crippen LogP contribution in [0.4, 0.5) is 5.69 Å². The summed E-state index contributed by atoms with van der Waals surface area (Å²) in [7, 11) is 4.21. The first-order valence-electron chi connectivity index (χ1n) is 8.24. The first-order chi connectivity index (χ1) is 11.2. The maximum Gasteiger partial charge on any atom is 0.0688 e. The minimum absolute atomic E-state index is 0.437. The molecule has 0 bridgehead atoms. The number of nitrogens with zero attached hydrogens (tertiary/aromatic N) is 2. The van der Waals surface area contributed by atoms with Crippen molar-refractivity contribution >= 4 is 22.5 Å². The van der Waals surface area contributed by atoms with Crippen molar-refractivity contribution in [3.05, 3.63) is 72.0 Å².